The molecule has 0 aromatic carbocycles. The monoisotopic (exact) mass is 192 g/mol. The van der Waals surface area contributed by atoms with Crippen molar-refractivity contribution in [2.45, 2.75) is 33.1 Å². The number of hydrogen-bond acceptors (Lipinski definition) is 1. The molecule has 0 saturated carbocycles. The molecule has 0 saturated heterocycles. The van der Waals surface area contributed by atoms with E-state index in [1.54, 1.807) is 7.11 Å². The molecule has 0 N–H and O–H groups in total. The van der Waals surface area contributed by atoms with Gasteiger partial charge in [-0.2, -0.15) is 0 Å². The van der Waals surface area contributed by atoms with Crippen LogP contribution in [0.4, 0.5) is 0 Å². The molecule has 2 heteroatoms. The van der Waals surface area contributed by atoms with Crippen molar-refractivity contribution in [1.29, 1.82) is 0 Å². The molecule has 0 bridgehead atoms. The number of hydrogen-bond donors (Lipinski definition) is 0. The molecular weight excluding hydrogens is 172 g/mol. The smallest absolute Gasteiger partial charge is 0.0464 e. The van der Waals surface area contributed by atoms with E-state index in [0.717, 1.165) is 18.9 Å². The number of rotatable bonds is 7. The maximum absolute atomic E-state index is 5.88. The van der Waals surface area contributed by atoms with Crippen LogP contribution >= 0.6 is 11.6 Å². The quantitative estimate of drug-likeness (QED) is 0.563. The molecule has 74 valence electrons. The van der Waals surface area contributed by atoms with Gasteiger partial charge in [0.05, 0.1) is 0 Å². The average molecular weight is 193 g/mol. The van der Waals surface area contributed by atoms with Crippen LogP contribution in [0, 0.1) is 11.8 Å². The van der Waals surface area contributed by atoms with Crippen molar-refractivity contribution >= 4 is 11.6 Å². The van der Waals surface area contributed by atoms with E-state index in [2.05, 4.69) is 13.8 Å². The highest BCUT2D eigenvalue weighted by molar-refractivity contribution is 6.18. The van der Waals surface area contributed by atoms with Crippen molar-refractivity contribution in [2.24, 2.45) is 11.8 Å². The minimum atomic E-state index is 0.673. The molecule has 0 aliphatic carbocycles. The van der Waals surface area contributed by atoms with Gasteiger partial charge in [0, 0.05) is 19.6 Å². The van der Waals surface area contributed by atoms with Crippen LogP contribution < -0.4 is 0 Å². The van der Waals surface area contributed by atoms with Gasteiger partial charge in [0.25, 0.3) is 0 Å². The zero-order valence-electron chi connectivity index (χ0n) is 8.48. The third kappa shape index (κ3) is 5.00. The van der Waals surface area contributed by atoms with Gasteiger partial charge in [-0.05, 0) is 24.7 Å². The van der Waals surface area contributed by atoms with Crippen molar-refractivity contribution in [1.82, 2.24) is 0 Å². The summed E-state index contributed by atoms with van der Waals surface area (Å²) in [6, 6.07) is 0. The first-order chi connectivity index (χ1) is 5.76. The van der Waals surface area contributed by atoms with E-state index in [-0.39, 0.29) is 0 Å². The lowest BCUT2D eigenvalue weighted by Gasteiger charge is -2.20. The van der Waals surface area contributed by atoms with E-state index >= 15 is 0 Å². The maximum Gasteiger partial charge on any atom is 0.0464 e. The SMILES string of the molecule is CCCC(CCl)C(C)CCOC. The molecule has 0 rings (SSSR count). The lowest BCUT2D eigenvalue weighted by Crippen LogP contribution is -2.15. The first-order valence-electron chi connectivity index (χ1n) is 4.81. The van der Waals surface area contributed by atoms with Crippen LogP contribution in [0.1, 0.15) is 33.1 Å². The highest BCUT2D eigenvalue weighted by Gasteiger charge is 2.14. The second-order valence-corrected chi connectivity index (χ2v) is 3.77. The van der Waals surface area contributed by atoms with Crippen LogP contribution in [-0.4, -0.2) is 19.6 Å². The van der Waals surface area contributed by atoms with Crippen molar-refractivity contribution in [3.8, 4) is 0 Å². The van der Waals surface area contributed by atoms with Gasteiger partial charge < -0.3 is 4.74 Å². The summed E-state index contributed by atoms with van der Waals surface area (Å²) in [5, 5.41) is 0. The van der Waals surface area contributed by atoms with E-state index in [1.807, 2.05) is 0 Å². The molecule has 0 fully saturated rings. The summed E-state index contributed by atoms with van der Waals surface area (Å²) in [5.41, 5.74) is 0. The second-order valence-electron chi connectivity index (χ2n) is 3.46. The van der Waals surface area contributed by atoms with Crippen LogP contribution in [0.3, 0.4) is 0 Å². The molecule has 0 aromatic heterocycles. The average Bonchev–Trinajstić information content (AvgIpc) is 2.10. The summed E-state index contributed by atoms with van der Waals surface area (Å²) in [4.78, 5) is 0. The Morgan fingerprint density at radius 3 is 2.42 bits per heavy atom. The first-order valence-corrected chi connectivity index (χ1v) is 5.34. The fraction of sp³-hybridized carbons (Fsp3) is 1.00. The zero-order chi connectivity index (χ0) is 9.40. The minimum absolute atomic E-state index is 0.673. The van der Waals surface area contributed by atoms with E-state index < -0.39 is 0 Å². The molecule has 0 spiro atoms. The summed E-state index contributed by atoms with van der Waals surface area (Å²) in [6.07, 6.45) is 3.61. The summed E-state index contributed by atoms with van der Waals surface area (Å²) in [6.45, 7) is 5.34. The third-order valence-electron chi connectivity index (χ3n) is 2.44. The minimum Gasteiger partial charge on any atom is -0.385 e. The standard InChI is InChI=1S/C10H21ClO/c1-4-5-10(8-11)9(2)6-7-12-3/h9-10H,4-8H2,1-3H3. The molecule has 2 atom stereocenters. The molecule has 0 aromatic rings. The van der Waals surface area contributed by atoms with Gasteiger partial charge in [0.15, 0.2) is 0 Å². The Hall–Kier alpha value is 0.250. The summed E-state index contributed by atoms with van der Waals surface area (Å²) >= 11 is 5.88. The Bertz CT molecular complexity index is 95.8. The molecule has 12 heavy (non-hydrogen) atoms. The highest BCUT2D eigenvalue weighted by atomic mass is 35.5. The molecule has 0 radical (unpaired) electrons. The first kappa shape index (κ1) is 12.2. The van der Waals surface area contributed by atoms with E-state index in [1.165, 1.54) is 12.8 Å². The topological polar surface area (TPSA) is 9.23 Å². The van der Waals surface area contributed by atoms with E-state index in [0.29, 0.717) is 11.8 Å². The third-order valence-corrected chi connectivity index (χ3v) is 2.84. The van der Waals surface area contributed by atoms with Gasteiger partial charge >= 0.3 is 0 Å². The van der Waals surface area contributed by atoms with Gasteiger partial charge in [0.2, 0.25) is 0 Å². The van der Waals surface area contributed by atoms with Crippen LogP contribution in [0.5, 0.6) is 0 Å². The Balaban J connectivity index is 3.60. The van der Waals surface area contributed by atoms with Gasteiger partial charge in [-0.25, -0.2) is 0 Å². The Kier molecular flexibility index (Phi) is 8.04. The van der Waals surface area contributed by atoms with Crippen LogP contribution in [-0.2, 0) is 4.74 Å². The predicted molar refractivity (Wildman–Crippen MR) is 54.8 cm³/mol. The molecular formula is C10H21ClO. The highest BCUT2D eigenvalue weighted by Crippen LogP contribution is 2.21. The summed E-state index contributed by atoms with van der Waals surface area (Å²) in [5.74, 6) is 2.16. The van der Waals surface area contributed by atoms with Crippen molar-refractivity contribution in [2.75, 3.05) is 19.6 Å². The molecule has 0 amide bonds. The van der Waals surface area contributed by atoms with E-state index in [9.17, 15) is 0 Å². The Morgan fingerprint density at radius 1 is 1.33 bits per heavy atom. The number of halogens is 1. The van der Waals surface area contributed by atoms with Crippen molar-refractivity contribution in [3.63, 3.8) is 0 Å². The van der Waals surface area contributed by atoms with Crippen LogP contribution in [0.2, 0.25) is 0 Å². The lowest BCUT2D eigenvalue weighted by atomic mass is 9.89. The van der Waals surface area contributed by atoms with Crippen molar-refractivity contribution in [3.05, 3.63) is 0 Å². The molecule has 2 unspecified atom stereocenters. The second kappa shape index (κ2) is 7.88. The Morgan fingerprint density at radius 2 is 2.00 bits per heavy atom. The molecule has 1 nitrogen and oxygen atoms in total. The fourth-order valence-electron chi connectivity index (χ4n) is 1.42. The zero-order valence-corrected chi connectivity index (χ0v) is 9.23. The van der Waals surface area contributed by atoms with Gasteiger partial charge in [0.1, 0.15) is 0 Å². The summed E-state index contributed by atoms with van der Waals surface area (Å²) < 4.78 is 5.04. The normalized spacial score (nSPS) is 16.0. The van der Waals surface area contributed by atoms with Crippen LogP contribution in [0.25, 0.3) is 0 Å². The van der Waals surface area contributed by atoms with E-state index in [4.69, 9.17) is 16.3 Å². The number of methoxy groups -OCH3 is 1. The maximum atomic E-state index is 5.88. The van der Waals surface area contributed by atoms with Gasteiger partial charge in [-0.15, -0.1) is 11.6 Å². The van der Waals surface area contributed by atoms with Gasteiger partial charge in [-0.1, -0.05) is 20.3 Å². The molecule has 0 aliphatic heterocycles. The predicted octanol–water partition coefficient (Wildman–Crippen LogP) is 3.31. The van der Waals surface area contributed by atoms with Crippen LogP contribution in [0.15, 0.2) is 0 Å². The summed E-state index contributed by atoms with van der Waals surface area (Å²) in [7, 11) is 1.75. The molecule has 0 aliphatic rings. The lowest BCUT2D eigenvalue weighted by molar-refractivity contribution is 0.166. The fourth-order valence-corrected chi connectivity index (χ4v) is 1.88. The number of alkyl halides is 1. The largest absolute Gasteiger partial charge is 0.385 e. The number of ether oxygens (including phenoxy) is 1. The molecule has 0 heterocycles. The van der Waals surface area contributed by atoms with Gasteiger partial charge in [-0.3, -0.25) is 0 Å². The Labute approximate surface area is 81.4 Å². The van der Waals surface area contributed by atoms with Crippen molar-refractivity contribution < 1.29 is 4.74 Å².